The second-order valence-corrected chi connectivity index (χ2v) is 8.19. The van der Waals surface area contributed by atoms with Crippen LogP contribution in [0.5, 0.6) is 0 Å². The molecule has 0 saturated carbocycles. The second kappa shape index (κ2) is 6.32. The number of rotatable bonds is 3. The zero-order chi connectivity index (χ0) is 19.2. The summed E-state index contributed by atoms with van der Waals surface area (Å²) in [4.78, 5) is 4.65. The van der Waals surface area contributed by atoms with Crippen molar-refractivity contribution in [3.8, 4) is 11.1 Å². The van der Waals surface area contributed by atoms with Gasteiger partial charge < -0.3 is 0 Å². The highest BCUT2D eigenvalue weighted by atomic mass is 32.2. The molecule has 136 valence electrons. The molecule has 0 unspecified atom stereocenters. The molecule has 27 heavy (non-hydrogen) atoms. The smallest absolute Gasteiger partial charge is 0.234 e. The van der Waals surface area contributed by atoms with E-state index in [4.69, 9.17) is 0 Å². The van der Waals surface area contributed by atoms with Crippen LogP contribution < -0.4 is 0 Å². The SMILES string of the molecule is Cc1cc(-c2ccccc2F)c2ccn(S(=O)(=O)c3ccccc3C)c2n1. The van der Waals surface area contributed by atoms with Crippen LogP contribution in [-0.4, -0.2) is 17.4 Å². The largest absolute Gasteiger partial charge is 0.269 e. The Kier molecular flexibility index (Phi) is 4.08. The summed E-state index contributed by atoms with van der Waals surface area (Å²) >= 11 is 0. The number of benzene rings is 2. The van der Waals surface area contributed by atoms with Crippen LogP contribution in [0.4, 0.5) is 4.39 Å². The molecule has 0 amide bonds. The molecule has 6 heteroatoms. The Hall–Kier alpha value is -2.99. The number of nitrogens with zero attached hydrogens (tertiary/aromatic N) is 2. The first kappa shape index (κ1) is 17.4. The van der Waals surface area contributed by atoms with Gasteiger partial charge in [0.2, 0.25) is 0 Å². The van der Waals surface area contributed by atoms with E-state index in [1.54, 1.807) is 68.4 Å². The van der Waals surface area contributed by atoms with Gasteiger partial charge in [-0.3, -0.25) is 0 Å². The third-order valence-corrected chi connectivity index (χ3v) is 6.37. The zero-order valence-corrected chi connectivity index (χ0v) is 15.7. The third kappa shape index (κ3) is 2.82. The van der Waals surface area contributed by atoms with E-state index >= 15 is 0 Å². The van der Waals surface area contributed by atoms with Crippen molar-refractivity contribution in [1.29, 1.82) is 0 Å². The summed E-state index contributed by atoms with van der Waals surface area (Å²) in [7, 11) is -3.82. The highest BCUT2D eigenvalue weighted by molar-refractivity contribution is 7.90. The lowest BCUT2D eigenvalue weighted by Crippen LogP contribution is -2.14. The van der Waals surface area contributed by atoms with Gasteiger partial charge in [-0.15, -0.1) is 0 Å². The summed E-state index contributed by atoms with van der Waals surface area (Å²) < 4.78 is 41.9. The number of aryl methyl sites for hydroxylation is 2. The average molecular weight is 380 g/mol. The zero-order valence-electron chi connectivity index (χ0n) is 14.8. The maximum Gasteiger partial charge on any atom is 0.269 e. The predicted molar refractivity (Wildman–Crippen MR) is 104 cm³/mol. The Morgan fingerprint density at radius 2 is 1.63 bits per heavy atom. The van der Waals surface area contributed by atoms with Gasteiger partial charge >= 0.3 is 0 Å². The molecule has 0 radical (unpaired) electrons. The third-order valence-electron chi connectivity index (χ3n) is 4.55. The highest BCUT2D eigenvalue weighted by Crippen LogP contribution is 2.32. The molecule has 0 spiro atoms. The van der Waals surface area contributed by atoms with E-state index in [-0.39, 0.29) is 16.4 Å². The summed E-state index contributed by atoms with van der Waals surface area (Å²) in [5.74, 6) is -0.362. The molecule has 0 aliphatic carbocycles. The van der Waals surface area contributed by atoms with Crippen LogP contribution in [0.25, 0.3) is 22.2 Å². The van der Waals surface area contributed by atoms with Gasteiger partial charge in [0.1, 0.15) is 5.82 Å². The molecule has 4 rings (SSSR count). The van der Waals surface area contributed by atoms with Crippen molar-refractivity contribution in [2.45, 2.75) is 18.7 Å². The fourth-order valence-electron chi connectivity index (χ4n) is 3.26. The number of hydrogen-bond acceptors (Lipinski definition) is 3. The van der Waals surface area contributed by atoms with E-state index in [9.17, 15) is 12.8 Å². The molecular weight excluding hydrogens is 363 g/mol. The summed E-state index contributed by atoms with van der Waals surface area (Å²) in [6.45, 7) is 3.52. The maximum absolute atomic E-state index is 14.3. The lowest BCUT2D eigenvalue weighted by atomic mass is 10.0. The second-order valence-electron chi connectivity index (χ2n) is 6.41. The van der Waals surface area contributed by atoms with Crippen molar-refractivity contribution in [2.24, 2.45) is 0 Å². The molecule has 0 aliphatic rings. The monoisotopic (exact) mass is 380 g/mol. The van der Waals surface area contributed by atoms with Crippen LogP contribution >= 0.6 is 0 Å². The Morgan fingerprint density at radius 3 is 2.37 bits per heavy atom. The minimum atomic E-state index is -3.82. The number of fused-ring (bicyclic) bond motifs is 1. The van der Waals surface area contributed by atoms with Crippen molar-refractivity contribution in [1.82, 2.24) is 8.96 Å². The molecule has 0 N–H and O–H groups in total. The fraction of sp³-hybridized carbons (Fsp3) is 0.0952. The molecule has 2 aromatic carbocycles. The van der Waals surface area contributed by atoms with Crippen LogP contribution in [0.15, 0.2) is 71.8 Å². The van der Waals surface area contributed by atoms with E-state index in [2.05, 4.69) is 4.98 Å². The van der Waals surface area contributed by atoms with Gasteiger partial charge in [0.05, 0.1) is 4.90 Å². The van der Waals surface area contributed by atoms with E-state index in [0.29, 0.717) is 27.8 Å². The number of aromatic nitrogens is 2. The molecule has 4 aromatic rings. The van der Waals surface area contributed by atoms with E-state index in [1.165, 1.54) is 16.2 Å². The van der Waals surface area contributed by atoms with Gasteiger partial charge in [-0.2, -0.15) is 0 Å². The first-order valence-electron chi connectivity index (χ1n) is 8.44. The molecule has 2 aromatic heterocycles. The summed E-state index contributed by atoms with van der Waals surface area (Å²) in [6.07, 6.45) is 1.48. The molecule has 0 fully saturated rings. The first-order chi connectivity index (χ1) is 12.9. The van der Waals surface area contributed by atoms with Crippen molar-refractivity contribution in [2.75, 3.05) is 0 Å². The van der Waals surface area contributed by atoms with Gasteiger partial charge in [0, 0.05) is 22.8 Å². The maximum atomic E-state index is 14.3. The first-order valence-corrected chi connectivity index (χ1v) is 9.88. The van der Waals surface area contributed by atoms with Crippen molar-refractivity contribution in [3.63, 3.8) is 0 Å². The van der Waals surface area contributed by atoms with Gasteiger partial charge in [0.25, 0.3) is 10.0 Å². The normalized spacial score (nSPS) is 11.8. The molecule has 0 aliphatic heterocycles. The molecule has 0 bridgehead atoms. The van der Waals surface area contributed by atoms with Crippen molar-refractivity contribution < 1.29 is 12.8 Å². The number of pyridine rings is 1. The van der Waals surface area contributed by atoms with Crippen LogP contribution in [0.1, 0.15) is 11.3 Å². The summed E-state index contributed by atoms with van der Waals surface area (Å²) in [5.41, 5.74) is 2.59. The Balaban J connectivity index is 2.01. The van der Waals surface area contributed by atoms with Crippen molar-refractivity contribution in [3.05, 3.63) is 83.9 Å². The van der Waals surface area contributed by atoms with Crippen LogP contribution in [0, 0.1) is 19.7 Å². The topological polar surface area (TPSA) is 52.0 Å². The predicted octanol–water partition coefficient (Wildman–Crippen LogP) is 4.70. The van der Waals surface area contributed by atoms with Crippen LogP contribution in [-0.2, 0) is 10.0 Å². The standard InChI is InChI=1S/C21H17FN2O2S/c1-14-7-3-6-10-20(14)27(25,26)24-12-11-17-18(13-15(2)23-21(17)24)16-8-4-5-9-19(16)22/h3-13H,1-2H3. The Bertz CT molecular complexity index is 1280. The van der Waals surface area contributed by atoms with Gasteiger partial charge in [-0.25, -0.2) is 21.8 Å². The Labute approximate surface area is 157 Å². The van der Waals surface area contributed by atoms with Crippen LogP contribution in [0.3, 0.4) is 0 Å². The molecule has 4 nitrogen and oxygen atoms in total. The summed E-state index contributed by atoms with van der Waals surface area (Å²) in [6, 6.07) is 16.7. The quantitative estimate of drug-likeness (QED) is 0.518. The number of hydrogen-bond donors (Lipinski definition) is 0. The minimum absolute atomic E-state index is 0.221. The summed E-state index contributed by atoms with van der Waals surface area (Å²) in [5, 5.41) is 0.586. The van der Waals surface area contributed by atoms with Crippen molar-refractivity contribution >= 4 is 21.1 Å². The van der Waals surface area contributed by atoms with Gasteiger partial charge in [0.15, 0.2) is 5.65 Å². The number of halogens is 1. The van der Waals surface area contributed by atoms with E-state index in [1.807, 2.05) is 0 Å². The average Bonchev–Trinajstić information content (AvgIpc) is 3.06. The molecule has 2 heterocycles. The molecular formula is C21H17FN2O2S. The highest BCUT2D eigenvalue weighted by Gasteiger charge is 2.23. The lowest BCUT2D eigenvalue weighted by Gasteiger charge is -2.11. The molecule has 0 atom stereocenters. The van der Waals surface area contributed by atoms with E-state index < -0.39 is 10.0 Å². The van der Waals surface area contributed by atoms with E-state index in [0.717, 1.165) is 0 Å². The lowest BCUT2D eigenvalue weighted by molar-refractivity contribution is 0.588. The van der Waals surface area contributed by atoms with Gasteiger partial charge in [-0.05, 0) is 49.2 Å². The van der Waals surface area contributed by atoms with Gasteiger partial charge in [-0.1, -0.05) is 36.4 Å². The molecule has 0 saturated heterocycles. The minimum Gasteiger partial charge on any atom is -0.234 e. The Morgan fingerprint density at radius 1 is 0.926 bits per heavy atom. The fourth-order valence-corrected chi connectivity index (χ4v) is 4.79. The van der Waals surface area contributed by atoms with Crippen LogP contribution in [0.2, 0.25) is 0 Å².